The molecule has 1 heterocycles. The zero-order valence-corrected chi connectivity index (χ0v) is 20.0. The molecule has 0 fully saturated rings. The van der Waals surface area contributed by atoms with E-state index in [2.05, 4.69) is 9.97 Å². The summed E-state index contributed by atoms with van der Waals surface area (Å²) < 4.78 is 55.9. The summed E-state index contributed by atoms with van der Waals surface area (Å²) in [7, 11) is 2.59. The fraction of sp³-hybridized carbons (Fsp3) is 0.208. The molecule has 0 spiro atoms. The Labute approximate surface area is 209 Å². The normalized spacial score (nSPS) is 11.8. The fourth-order valence-electron chi connectivity index (χ4n) is 3.14. The molecule has 2 aromatic carbocycles. The number of nitrogens with zero attached hydrogens (tertiary/aromatic N) is 2. The van der Waals surface area contributed by atoms with Crippen molar-refractivity contribution in [3.05, 3.63) is 93.0 Å². The van der Waals surface area contributed by atoms with Crippen molar-refractivity contribution in [2.75, 3.05) is 14.2 Å². The third kappa shape index (κ3) is 6.64. The van der Waals surface area contributed by atoms with Gasteiger partial charge < -0.3 is 14.2 Å². The number of carbonyl (C=O) groups is 1. The lowest BCUT2D eigenvalue weighted by Crippen LogP contribution is -2.13. The average Bonchev–Trinajstić information content (AvgIpc) is 2.83. The Hall–Kier alpha value is -3.30. The van der Waals surface area contributed by atoms with Crippen LogP contribution in [-0.4, -0.2) is 30.2 Å². The average molecular weight is 527 g/mol. The maximum Gasteiger partial charge on any atom is 0.433 e. The number of methoxy groups -OCH3 is 2. The van der Waals surface area contributed by atoms with Gasteiger partial charge in [-0.3, -0.25) is 0 Å². The first kappa shape index (κ1) is 26.3. The van der Waals surface area contributed by atoms with Gasteiger partial charge in [0.2, 0.25) is 5.88 Å². The molecule has 0 atom stereocenters. The summed E-state index contributed by atoms with van der Waals surface area (Å²) >= 11 is 12.2. The minimum atomic E-state index is -4.73. The van der Waals surface area contributed by atoms with Crippen molar-refractivity contribution in [2.24, 2.45) is 0 Å². The third-order valence-electron chi connectivity index (χ3n) is 4.74. The minimum Gasteiger partial charge on any atom is -0.503 e. The molecule has 0 aliphatic rings. The van der Waals surface area contributed by atoms with Gasteiger partial charge in [-0.05, 0) is 22.8 Å². The SMILES string of the molecule is CO/C=C(/C(=O)OC)c1ccccc1COc1cc(C(F)(F)F)nc(Cc2cccc(Cl)c2Cl)n1. The first-order valence-corrected chi connectivity index (χ1v) is 10.8. The van der Waals surface area contributed by atoms with Crippen LogP contribution >= 0.6 is 23.2 Å². The van der Waals surface area contributed by atoms with Crippen molar-refractivity contribution in [3.8, 4) is 5.88 Å². The number of rotatable bonds is 8. The number of halogens is 5. The van der Waals surface area contributed by atoms with Crippen molar-refractivity contribution in [1.29, 1.82) is 0 Å². The van der Waals surface area contributed by atoms with Gasteiger partial charge in [-0.2, -0.15) is 18.2 Å². The Kier molecular flexibility index (Phi) is 8.58. The molecule has 0 N–H and O–H groups in total. The van der Waals surface area contributed by atoms with Crippen LogP contribution in [0.3, 0.4) is 0 Å². The molecule has 1 aromatic heterocycles. The van der Waals surface area contributed by atoms with E-state index >= 15 is 0 Å². The van der Waals surface area contributed by atoms with Crippen LogP contribution in [0.5, 0.6) is 5.88 Å². The molecular formula is C24H19Cl2F3N2O4. The largest absolute Gasteiger partial charge is 0.503 e. The molecule has 0 saturated heterocycles. The standard InChI is InChI=1S/C24H19Cl2F3N2O4/c1-33-13-17(23(32)34-2)16-8-4-3-6-15(16)12-35-21-11-19(24(27,28)29)30-20(31-21)10-14-7-5-9-18(25)22(14)26/h3-9,11,13H,10,12H2,1-2H3/b17-13+. The topological polar surface area (TPSA) is 70.5 Å². The summed E-state index contributed by atoms with van der Waals surface area (Å²) in [6.45, 7) is -0.195. The molecule has 0 aliphatic heterocycles. The fourth-order valence-corrected chi connectivity index (χ4v) is 3.52. The molecular weight excluding hydrogens is 508 g/mol. The maximum atomic E-state index is 13.5. The van der Waals surface area contributed by atoms with Gasteiger partial charge in [0.25, 0.3) is 0 Å². The Balaban J connectivity index is 1.94. The van der Waals surface area contributed by atoms with Gasteiger partial charge in [0, 0.05) is 12.5 Å². The summed E-state index contributed by atoms with van der Waals surface area (Å²) in [5.74, 6) is -1.10. The number of aromatic nitrogens is 2. The highest BCUT2D eigenvalue weighted by molar-refractivity contribution is 6.42. The van der Waals surface area contributed by atoms with Crippen LogP contribution in [0.15, 0.2) is 54.8 Å². The lowest BCUT2D eigenvalue weighted by molar-refractivity contribution is -0.141. The van der Waals surface area contributed by atoms with Gasteiger partial charge in [0.1, 0.15) is 18.0 Å². The predicted octanol–water partition coefficient (Wildman–Crippen LogP) is 6.13. The second-order valence-electron chi connectivity index (χ2n) is 7.10. The molecule has 6 nitrogen and oxygen atoms in total. The minimum absolute atomic E-state index is 0.0979. The molecule has 35 heavy (non-hydrogen) atoms. The lowest BCUT2D eigenvalue weighted by Gasteiger charge is -2.14. The second-order valence-corrected chi connectivity index (χ2v) is 7.88. The van der Waals surface area contributed by atoms with E-state index in [4.69, 9.17) is 37.4 Å². The predicted molar refractivity (Wildman–Crippen MR) is 124 cm³/mol. The summed E-state index contributed by atoms with van der Waals surface area (Å²) in [6.07, 6.45) is -3.62. The van der Waals surface area contributed by atoms with Gasteiger partial charge in [-0.15, -0.1) is 0 Å². The maximum absolute atomic E-state index is 13.5. The first-order valence-electron chi connectivity index (χ1n) is 10.0. The first-order chi connectivity index (χ1) is 16.6. The highest BCUT2D eigenvalue weighted by atomic mass is 35.5. The molecule has 3 rings (SSSR count). The van der Waals surface area contributed by atoms with E-state index < -0.39 is 17.8 Å². The van der Waals surface area contributed by atoms with E-state index in [1.54, 1.807) is 42.5 Å². The number of benzene rings is 2. The summed E-state index contributed by atoms with van der Waals surface area (Å²) in [6, 6.07) is 12.2. The Morgan fingerprint density at radius 1 is 1.03 bits per heavy atom. The van der Waals surface area contributed by atoms with E-state index in [0.717, 1.165) is 0 Å². The number of hydrogen-bond acceptors (Lipinski definition) is 6. The second kappa shape index (κ2) is 11.4. The van der Waals surface area contributed by atoms with Crippen molar-refractivity contribution >= 4 is 34.7 Å². The van der Waals surface area contributed by atoms with Crippen LogP contribution in [0.1, 0.15) is 28.2 Å². The van der Waals surface area contributed by atoms with Crippen LogP contribution in [-0.2, 0) is 33.5 Å². The Morgan fingerprint density at radius 2 is 1.74 bits per heavy atom. The monoisotopic (exact) mass is 526 g/mol. The molecule has 0 bridgehead atoms. The molecule has 184 valence electrons. The van der Waals surface area contributed by atoms with Crippen molar-refractivity contribution in [2.45, 2.75) is 19.2 Å². The molecule has 11 heteroatoms. The molecule has 3 aromatic rings. The highest BCUT2D eigenvalue weighted by Crippen LogP contribution is 2.32. The van der Waals surface area contributed by atoms with Gasteiger partial charge in [0.05, 0.1) is 30.5 Å². The molecule has 0 aliphatic carbocycles. The quantitative estimate of drug-likeness (QED) is 0.199. The summed E-state index contributed by atoms with van der Waals surface area (Å²) in [5.41, 5.74) is 0.329. The van der Waals surface area contributed by atoms with E-state index in [1.165, 1.54) is 20.5 Å². The van der Waals surface area contributed by atoms with Gasteiger partial charge >= 0.3 is 12.1 Å². The third-order valence-corrected chi connectivity index (χ3v) is 5.60. The smallest absolute Gasteiger partial charge is 0.433 e. The van der Waals surface area contributed by atoms with Crippen molar-refractivity contribution in [3.63, 3.8) is 0 Å². The molecule has 0 amide bonds. The van der Waals surface area contributed by atoms with Gasteiger partial charge in [-0.25, -0.2) is 9.78 Å². The number of esters is 1. The number of hydrogen-bond donors (Lipinski definition) is 0. The zero-order valence-electron chi connectivity index (χ0n) is 18.5. The Morgan fingerprint density at radius 3 is 2.43 bits per heavy atom. The molecule has 0 unspecified atom stereocenters. The van der Waals surface area contributed by atoms with Crippen LogP contribution < -0.4 is 4.74 Å². The highest BCUT2D eigenvalue weighted by Gasteiger charge is 2.34. The summed E-state index contributed by atoms with van der Waals surface area (Å²) in [4.78, 5) is 19.9. The van der Waals surface area contributed by atoms with E-state index in [0.29, 0.717) is 22.8 Å². The Bertz CT molecular complexity index is 1250. The van der Waals surface area contributed by atoms with Crippen LogP contribution in [0, 0.1) is 0 Å². The number of ether oxygens (including phenoxy) is 3. The van der Waals surface area contributed by atoms with Gasteiger partial charge in [-0.1, -0.05) is 59.6 Å². The van der Waals surface area contributed by atoms with Crippen molar-refractivity contribution < 1.29 is 32.2 Å². The van der Waals surface area contributed by atoms with Gasteiger partial charge in [0.15, 0.2) is 5.69 Å². The number of alkyl halides is 3. The molecule has 0 radical (unpaired) electrons. The van der Waals surface area contributed by atoms with E-state index in [-0.39, 0.29) is 40.4 Å². The zero-order chi connectivity index (χ0) is 25.6. The molecule has 0 saturated carbocycles. The van der Waals surface area contributed by atoms with E-state index in [9.17, 15) is 18.0 Å². The van der Waals surface area contributed by atoms with E-state index in [1.807, 2.05) is 0 Å². The van der Waals surface area contributed by atoms with Crippen LogP contribution in [0.25, 0.3) is 5.57 Å². The lowest BCUT2D eigenvalue weighted by atomic mass is 10.0. The number of carbonyl (C=O) groups excluding carboxylic acids is 1. The van der Waals surface area contributed by atoms with Crippen LogP contribution in [0.4, 0.5) is 13.2 Å². The summed E-state index contributed by atoms with van der Waals surface area (Å²) in [5, 5.41) is 0.460. The van der Waals surface area contributed by atoms with Crippen LogP contribution in [0.2, 0.25) is 10.0 Å². The van der Waals surface area contributed by atoms with Crippen molar-refractivity contribution in [1.82, 2.24) is 9.97 Å².